The van der Waals surface area contributed by atoms with Crippen molar-refractivity contribution in [1.82, 2.24) is 15.6 Å². The zero-order valence-electron chi connectivity index (χ0n) is 12.4. The van der Waals surface area contributed by atoms with Crippen molar-refractivity contribution in [1.29, 1.82) is 0 Å². The Labute approximate surface area is 129 Å². The number of benzene rings is 1. The van der Waals surface area contributed by atoms with Crippen LogP contribution in [0.5, 0.6) is 0 Å². The second kappa shape index (κ2) is 7.97. The highest BCUT2D eigenvalue weighted by atomic mass is 19.1. The van der Waals surface area contributed by atoms with Gasteiger partial charge >= 0.3 is 6.03 Å². The molecule has 0 aliphatic heterocycles. The number of amides is 2. The van der Waals surface area contributed by atoms with E-state index in [1.807, 2.05) is 18.2 Å². The molecule has 0 radical (unpaired) electrons. The first kappa shape index (κ1) is 15.8. The maximum Gasteiger partial charge on any atom is 0.315 e. The average Bonchev–Trinajstić information content (AvgIpc) is 2.54. The van der Waals surface area contributed by atoms with Crippen LogP contribution in [0.1, 0.15) is 11.1 Å². The molecule has 22 heavy (non-hydrogen) atoms. The number of pyridine rings is 1. The molecule has 0 saturated carbocycles. The Kier molecular flexibility index (Phi) is 5.71. The van der Waals surface area contributed by atoms with Crippen molar-refractivity contribution in [3.8, 4) is 0 Å². The van der Waals surface area contributed by atoms with Crippen LogP contribution in [-0.2, 0) is 6.54 Å². The van der Waals surface area contributed by atoms with Crippen LogP contribution in [-0.4, -0.2) is 24.1 Å². The number of aryl methyl sites for hydroxylation is 1. The van der Waals surface area contributed by atoms with Crippen LogP contribution in [0.3, 0.4) is 0 Å². The molecule has 0 saturated heterocycles. The molecule has 0 aliphatic rings. The molecule has 2 aromatic rings. The molecule has 5 nitrogen and oxygen atoms in total. The summed E-state index contributed by atoms with van der Waals surface area (Å²) in [5.74, 6) is 0.499. The van der Waals surface area contributed by atoms with Crippen LogP contribution < -0.4 is 16.0 Å². The summed E-state index contributed by atoms with van der Waals surface area (Å²) in [6.45, 7) is 3.03. The fourth-order valence-electron chi connectivity index (χ4n) is 1.83. The van der Waals surface area contributed by atoms with Crippen LogP contribution in [0.4, 0.5) is 15.0 Å². The maximum atomic E-state index is 13.4. The molecule has 2 amide bonds. The van der Waals surface area contributed by atoms with E-state index in [0.717, 1.165) is 11.4 Å². The highest BCUT2D eigenvalue weighted by Gasteiger charge is 2.02. The van der Waals surface area contributed by atoms with Gasteiger partial charge in [-0.15, -0.1) is 0 Å². The number of aromatic nitrogens is 1. The summed E-state index contributed by atoms with van der Waals surface area (Å²) in [7, 11) is 0. The number of nitrogens with zero attached hydrogens (tertiary/aromatic N) is 1. The van der Waals surface area contributed by atoms with E-state index in [-0.39, 0.29) is 18.4 Å². The van der Waals surface area contributed by atoms with Gasteiger partial charge in [-0.25, -0.2) is 14.2 Å². The fraction of sp³-hybridized carbons (Fsp3) is 0.250. The number of hydrogen-bond acceptors (Lipinski definition) is 3. The lowest BCUT2D eigenvalue weighted by Crippen LogP contribution is -2.37. The molecule has 0 aliphatic carbocycles. The van der Waals surface area contributed by atoms with E-state index in [0.29, 0.717) is 18.7 Å². The third-order valence-electron chi connectivity index (χ3n) is 3.07. The first-order valence-corrected chi connectivity index (χ1v) is 7.07. The molecule has 3 N–H and O–H groups in total. The minimum absolute atomic E-state index is 0.265. The summed E-state index contributed by atoms with van der Waals surface area (Å²) in [5.41, 5.74) is 1.32. The number of hydrogen-bond donors (Lipinski definition) is 3. The Morgan fingerprint density at radius 1 is 1.18 bits per heavy atom. The first-order valence-electron chi connectivity index (χ1n) is 7.07. The molecule has 6 heteroatoms. The van der Waals surface area contributed by atoms with Crippen LogP contribution in [0.25, 0.3) is 0 Å². The van der Waals surface area contributed by atoms with Gasteiger partial charge in [0, 0.05) is 25.8 Å². The molecular formula is C16H19FN4O. The largest absolute Gasteiger partial charge is 0.368 e. The van der Waals surface area contributed by atoms with E-state index in [9.17, 15) is 9.18 Å². The summed E-state index contributed by atoms with van der Waals surface area (Å²) >= 11 is 0. The van der Waals surface area contributed by atoms with Gasteiger partial charge in [0.05, 0.1) is 0 Å². The smallest absolute Gasteiger partial charge is 0.315 e. The molecule has 0 fully saturated rings. The third-order valence-corrected chi connectivity index (χ3v) is 3.07. The summed E-state index contributed by atoms with van der Waals surface area (Å²) in [6.07, 6.45) is 1.70. The summed E-state index contributed by atoms with van der Waals surface area (Å²) in [5, 5.41) is 8.48. The number of anilines is 1. The normalized spacial score (nSPS) is 10.1. The zero-order chi connectivity index (χ0) is 15.8. The van der Waals surface area contributed by atoms with Crippen molar-refractivity contribution < 1.29 is 9.18 Å². The topological polar surface area (TPSA) is 66.1 Å². The van der Waals surface area contributed by atoms with E-state index >= 15 is 0 Å². The zero-order valence-corrected chi connectivity index (χ0v) is 12.4. The number of halogens is 1. The minimum Gasteiger partial charge on any atom is -0.368 e. The van der Waals surface area contributed by atoms with Gasteiger partial charge in [0.1, 0.15) is 11.6 Å². The Hall–Kier alpha value is -2.63. The lowest BCUT2D eigenvalue weighted by atomic mass is 10.1. The highest BCUT2D eigenvalue weighted by molar-refractivity contribution is 5.73. The molecule has 0 bridgehead atoms. The van der Waals surface area contributed by atoms with Crippen molar-refractivity contribution in [2.45, 2.75) is 13.5 Å². The predicted molar refractivity (Wildman–Crippen MR) is 84.1 cm³/mol. The third kappa shape index (κ3) is 5.05. The fourth-order valence-corrected chi connectivity index (χ4v) is 1.83. The molecule has 1 aromatic carbocycles. The molecule has 0 atom stereocenters. The predicted octanol–water partition coefficient (Wildman–Crippen LogP) is 2.44. The van der Waals surface area contributed by atoms with E-state index < -0.39 is 0 Å². The second-order valence-electron chi connectivity index (χ2n) is 4.83. The van der Waals surface area contributed by atoms with Gasteiger partial charge in [0.2, 0.25) is 0 Å². The Bertz CT molecular complexity index is 619. The Morgan fingerprint density at radius 3 is 2.77 bits per heavy atom. The monoisotopic (exact) mass is 302 g/mol. The number of urea groups is 1. The quantitative estimate of drug-likeness (QED) is 0.718. The Balaban J connectivity index is 1.64. The molecule has 0 unspecified atom stereocenters. The first-order chi connectivity index (χ1) is 10.6. The van der Waals surface area contributed by atoms with Gasteiger partial charge in [-0.05, 0) is 36.2 Å². The summed E-state index contributed by atoms with van der Waals surface area (Å²) in [4.78, 5) is 15.7. The molecule has 116 valence electrons. The molecule has 1 heterocycles. The van der Waals surface area contributed by atoms with Gasteiger partial charge in [0.15, 0.2) is 0 Å². The van der Waals surface area contributed by atoms with Crippen molar-refractivity contribution in [2.75, 3.05) is 18.4 Å². The average molecular weight is 302 g/mol. The Morgan fingerprint density at radius 2 is 2.05 bits per heavy atom. The second-order valence-corrected chi connectivity index (χ2v) is 4.83. The van der Waals surface area contributed by atoms with Gasteiger partial charge in [-0.3, -0.25) is 0 Å². The molecular weight excluding hydrogens is 283 g/mol. The minimum atomic E-state index is -0.288. The molecule has 2 rings (SSSR count). The van der Waals surface area contributed by atoms with Gasteiger partial charge in [-0.2, -0.15) is 0 Å². The van der Waals surface area contributed by atoms with Crippen molar-refractivity contribution in [2.24, 2.45) is 0 Å². The SMILES string of the molecule is Cc1ccc(CNC(=O)NCCNc2ccccn2)cc1F. The number of nitrogens with one attached hydrogen (secondary N) is 3. The lowest BCUT2D eigenvalue weighted by Gasteiger charge is -2.09. The standard InChI is InChI=1S/C16H19FN4O/c1-12-5-6-13(10-14(12)17)11-21-16(22)20-9-8-19-15-4-2-3-7-18-15/h2-7,10H,8-9,11H2,1H3,(H,18,19)(H2,20,21,22). The van der Waals surface area contributed by atoms with Crippen LogP contribution in [0.15, 0.2) is 42.6 Å². The van der Waals surface area contributed by atoms with Gasteiger partial charge < -0.3 is 16.0 Å². The van der Waals surface area contributed by atoms with Crippen molar-refractivity contribution in [3.63, 3.8) is 0 Å². The van der Waals surface area contributed by atoms with Crippen LogP contribution in [0.2, 0.25) is 0 Å². The van der Waals surface area contributed by atoms with Crippen LogP contribution in [0, 0.1) is 12.7 Å². The van der Waals surface area contributed by atoms with Gasteiger partial charge in [-0.1, -0.05) is 18.2 Å². The number of carbonyl (C=O) groups is 1. The van der Waals surface area contributed by atoms with E-state index in [1.54, 1.807) is 25.3 Å². The van der Waals surface area contributed by atoms with Crippen molar-refractivity contribution >= 4 is 11.8 Å². The lowest BCUT2D eigenvalue weighted by molar-refractivity contribution is 0.241. The summed E-state index contributed by atoms with van der Waals surface area (Å²) < 4.78 is 13.4. The number of rotatable bonds is 6. The van der Waals surface area contributed by atoms with E-state index in [1.165, 1.54) is 6.07 Å². The highest BCUT2D eigenvalue weighted by Crippen LogP contribution is 2.08. The van der Waals surface area contributed by atoms with Crippen LogP contribution >= 0.6 is 0 Å². The molecule has 1 aromatic heterocycles. The summed E-state index contributed by atoms with van der Waals surface area (Å²) in [6, 6.07) is 10.2. The van der Waals surface area contributed by atoms with E-state index in [2.05, 4.69) is 20.9 Å². The maximum absolute atomic E-state index is 13.4. The van der Waals surface area contributed by atoms with Crippen molar-refractivity contribution in [3.05, 3.63) is 59.5 Å². The number of carbonyl (C=O) groups excluding carboxylic acids is 1. The molecule has 0 spiro atoms. The van der Waals surface area contributed by atoms with Gasteiger partial charge in [0.25, 0.3) is 0 Å². The van der Waals surface area contributed by atoms with E-state index in [4.69, 9.17) is 0 Å².